The highest BCUT2D eigenvalue weighted by atomic mass is 16.5. The van der Waals surface area contributed by atoms with Crippen LogP contribution in [0.1, 0.15) is 25.0 Å². The Morgan fingerprint density at radius 3 is 1.85 bits per heavy atom. The van der Waals surface area contributed by atoms with Gasteiger partial charge in [0.25, 0.3) is 0 Å². The Balaban J connectivity index is 2.47. The van der Waals surface area contributed by atoms with Crippen molar-refractivity contribution in [2.75, 3.05) is 39.5 Å². The molecular weight excluding hydrogens is 254 g/mol. The summed E-state index contributed by atoms with van der Waals surface area (Å²) in [6.45, 7) is 9.82. The Morgan fingerprint density at radius 1 is 0.900 bits per heavy atom. The molecule has 0 saturated carbocycles. The third-order valence-corrected chi connectivity index (χ3v) is 3.12. The Labute approximate surface area is 122 Å². The molecule has 0 radical (unpaired) electrons. The van der Waals surface area contributed by atoms with Crippen molar-refractivity contribution in [3.63, 3.8) is 0 Å². The topological polar surface area (TPSA) is 41.9 Å². The third kappa shape index (κ3) is 7.01. The van der Waals surface area contributed by atoms with Crippen molar-refractivity contribution < 1.29 is 14.6 Å². The number of aliphatic hydroxyl groups excluding tert-OH is 1. The molecule has 1 aromatic carbocycles. The molecule has 0 fully saturated rings. The molecule has 0 amide bonds. The maximum atomic E-state index is 9.05. The molecule has 0 atom stereocenters. The lowest BCUT2D eigenvalue weighted by Gasteiger charge is -2.22. The maximum Gasteiger partial charge on any atom is 0.0681 e. The van der Waals surface area contributed by atoms with Crippen LogP contribution in [0.5, 0.6) is 0 Å². The fourth-order valence-corrected chi connectivity index (χ4v) is 1.95. The molecule has 0 unspecified atom stereocenters. The van der Waals surface area contributed by atoms with Gasteiger partial charge in [0.2, 0.25) is 0 Å². The summed E-state index contributed by atoms with van der Waals surface area (Å²) in [5.74, 6) is 0. The number of nitrogens with zero attached hydrogens (tertiary/aromatic N) is 1. The van der Waals surface area contributed by atoms with Crippen molar-refractivity contribution in [2.24, 2.45) is 0 Å². The highest BCUT2D eigenvalue weighted by Gasteiger charge is 2.06. The van der Waals surface area contributed by atoms with Gasteiger partial charge < -0.3 is 14.6 Å². The van der Waals surface area contributed by atoms with Gasteiger partial charge in [-0.2, -0.15) is 0 Å². The Kier molecular flexibility index (Phi) is 9.24. The van der Waals surface area contributed by atoms with Crippen LogP contribution in [0.4, 0.5) is 0 Å². The molecule has 0 spiro atoms. The van der Waals surface area contributed by atoms with Crippen LogP contribution >= 0.6 is 0 Å². The molecular formula is C16H27NO3. The van der Waals surface area contributed by atoms with E-state index >= 15 is 0 Å². The van der Waals surface area contributed by atoms with Crippen molar-refractivity contribution in [1.82, 2.24) is 4.90 Å². The summed E-state index contributed by atoms with van der Waals surface area (Å²) < 4.78 is 10.9. The summed E-state index contributed by atoms with van der Waals surface area (Å²) in [4.78, 5) is 2.33. The van der Waals surface area contributed by atoms with E-state index in [0.717, 1.165) is 51.6 Å². The predicted molar refractivity (Wildman–Crippen MR) is 80.6 cm³/mol. The first-order valence-electron chi connectivity index (χ1n) is 7.36. The average Bonchev–Trinajstić information content (AvgIpc) is 2.48. The van der Waals surface area contributed by atoms with Gasteiger partial charge in [-0.15, -0.1) is 0 Å². The second kappa shape index (κ2) is 10.8. The fraction of sp³-hybridized carbons (Fsp3) is 0.625. The van der Waals surface area contributed by atoms with Gasteiger partial charge in [0.05, 0.1) is 19.8 Å². The van der Waals surface area contributed by atoms with E-state index in [1.807, 2.05) is 26.0 Å². The molecule has 0 heterocycles. The smallest absolute Gasteiger partial charge is 0.0681 e. The minimum Gasteiger partial charge on any atom is -0.392 e. The number of ether oxygens (including phenoxy) is 2. The second-order valence-electron chi connectivity index (χ2n) is 4.64. The number of benzene rings is 1. The Morgan fingerprint density at radius 2 is 1.40 bits per heavy atom. The molecule has 20 heavy (non-hydrogen) atoms. The van der Waals surface area contributed by atoms with E-state index in [2.05, 4.69) is 17.0 Å². The number of hydrogen-bond acceptors (Lipinski definition) is 4. The molecule has 4 nitrogen and oxygen atoms in total. The molecule has 1 N–H and O–H groups in total. The molecule has 0 bridgehead atoms. The standard InChI is InChI=1S/C16H27NO3/c1-3-19-11-9-17(10-12-20-4-2)13-15-5-7-16(14-18)8-6-15/h5-8,18H,3-4,9-14H2,1-2H3. The maximum absolute atomic E-state index is 9.05. The van der Waals surface area contributed by atoms with Crippen LogP contribution in [0, 0.1) is 0 Å². The van der Waals surface area contributed by atoms with Gasteiger partial charge in [0.15, 0.2) is 0 Å². The minimum atomic E-state index is 0.0959. The van der Waals surface area contributed by atoms with Crippen LogP contribution in [0.3, 0.4) is 0 Å². The van der Waals surface area contributed by atoms with E-state index in [1.54, 1.807) is 0 Å². The predicted octanol–water partition coefficient (Wildman–Crippen LogP) is 2.05. The third-order valence-electron chi connectivity index (χ3n) is 3.12. The lowest BCUT2D eigenvalue weighted by Crippen LogP contribution is -2.30. The van der Waals surface area contributed by atoms with Gasteiger partial charge in [0.1, 0.15) is 0 Å². The normalized spacial score (nSPS) is 11.2. The van der Waals surface area contributed by atoms with E-state index in [-0.39, 0.29) is 6.61 Å². The summed E-state index contributed by atoms with van der Waals surface area (Å²) in [6, 6.07) is 8.08. The van der Waals surface area contributed by atoms with Crippen LogP contribution in [-0.4, -0.2) is 49.5 Å². The lowest BCUT2D eigenvalue weighted by molar-refractivity contribution is 0.0798. The summed E-state index contributed by atoms with van der Waals surface area (Å²) in [7, 11) is 0. The summed E-state index contributed by atoms with van der Waals surface area (Å²) in [6.07, 6.45) is 0. The average molecular weight is 281 g/mol. The molecule has 114 valence electrons. The van der Waals surface area contributed by atoms with Crippen molar-refractivity contribution in [2.45, 2.75) is 27.0 Å². The largest absolute Gasteiger partial charge is 0.392 e. The lowest BCUT2D eigenvalue weighted by atomic mass is 10.1. The minimum absolute atomic E-state index is 0.0959. The van der Waals surface area contributed by atoms with E-state index in [1.165, 1.54) is 5.56 Å². The van der Waals surface area contributed by atoms with Crippen molar-refractivity contribution >= 4 is 0 Å². The summed E-state index contributed by atoms with van der Waals surface area (Å²) >= 11 is 0. The summed E-state index contributed by atoms with van der Waals surface area (Å²) in [5, 5.41) is 9.05. The number of rotatable bonds is 11. The number of hydrogen-bond donors (Lipinski definition) is 1. The molecule has 4 heteroatoms. The van der Waals surface area contributed by atoms with Crippen LogP contribution in [0.2, 0.25) is 0 Å². The zero-order valence-corrected chi connectivity index (χ0v) is 12.7. The second-order valence-corrected chi connectivity index (χ2v) is 4.64. The van der Waals surface area contributed by atoms with E-state index in [4.69, 9.17) is 14.6 Å². The van der Waals surface area contributed by atoms with E-state index in [0.29, 0.717) is 0 Å². The molecule has 0 aliphatic carbocycles. The first-order chi connectivity index (χ1) is 9.80. The van der Waals surface area contributed by atoms with Gasteiger partial charge in [-0.05, 0) is 25.0 Å². The van der Waals surface area contributed by atoms with E-state index in [9.17, 15) is 0 Å². The first kappa shape index (κ1) is 17.1. The van der Waals surface area contributed by atoms with Crippen molar-refractivity contribution in [1.29, 1.82) is 0 Å². The van der Waals surface area contributed by atoms with Crippen molar-refractivity contribution in [3.8, 4) is 0 Å². The van der Waals surface area contributed by atoms with Gasteiger partial charge in [-0.3, -0.25) is 4.90 Å². The molecule has 1 aromatic rings. The Bertz CT molecular complexity index is 330. The Hall–Kier alpha value is -0.940. The monoisotopic (exact) mass is 281 g/mol. The highest BCUT2D eigenvalue weighted by Crippen LogP contribution is 2.07. The molecule has 1 rings (SSSR count). The molecule has 0 saturated heterocycles. The van der Waals surface area contributed by atoms with Crippen LogP contribution in [0.25, 0.3) is 0 Å². The molecule has 0 aliphatic rings. The zero-order valence-electron chi connectivity index (χ0n) is 12.7. The fourth-order valence-electron chi connectivity index (χ4n) is 1.95. The summed E-state index contributed by atoms with van der Waals surface area (Å²) in [5.41, 5.74) is 2.19. The molecule has 0 aliphatic heterocycles. The van der Waals surface area contributed by atoms with Gasteiger partial charge in [-0.25, -0.2) is 0 Å². The van der Waals surface area contributed by atoms with Gasteiger partial charge in [-0.1, -0.05) is 24.3 Å². The number of aliphatic hydroxyl groups is 1. The van der Waals surface area contributed by atoms with Crippen molar-refractivity contribution in [3.05, 3.63) is 35.4 Å². The van der Waals surface area contributed by atoms with E-state index < -0.39 is 0 Å². The highest BCUT2D eigenvalue weighted by molar-refractivity contribution is 5.21. The quantitative estimate of drug-likeness (QED) is 0.630. The molecule has 0 aromatic heterocycles. The van der Waals surface area contributed by atoms with Crippen LogP contribution in [0.15, 0.2) is 24.3 Å². The van der Waals surface area contributed by atoms with Gasteiger partial charge >= 0.3 is 0 Å². The van der Waals surface area contributed by atoms with Crippen LogP contribution < -0.4 is 0 Å². The van der Waals surface area contributed by atoms with Gasteiger partial charge in [0, 0.05) is 32.8 Å². The zero-order chi connectivity index (χ0) is 14.6. The van der Waals surface area contributed by atoms with Crippen LogP contribution in [-0.2, 0) is 22.6 Å². The SMILES string of the molecule is CCOCCN(CCOCC)Cc1ccc(CO)cc1. The first-order valence-corrected chi connectivity index (χ1v) is 7.36.